The van der Waals surface area contributed by atoms with Crippen LogP contribution in [0.2, 0.25) is 0 Å². The molecule has 2 amide bonds. The summed E-state index contributed by atoms with van der Waals surface area (Å²) in [5.41, 5.74) is 1.40. The van der Waals surface area contributed by atoms with Crippen molar-refractivity contribution in [3.05, 3.63) is 63.7 Å². The second-order valence-electron chi connectivity index (χ2n) is 8.83. The first-order valence-corrected chi connectivity index (χ1v) is 12.4. The summed E-state index contributed by atoms with van der Waals surface area (Å²) in [6.07, 6.45) is 4.15. The molecule has 0 aliphatic heterocycles. The number of carbonyl (C=O) groups excluding carboxylic acids is 3. The molecule has 8 nitrogen and oxygen atoms in total. The Labute approximate surface area is 215 Å². The molecular weight excluding hydrogens is 509 g/mol. The third-order valence-corrected chi connectivity index (χ3v) is 7.16. The van der Waals surface area contributed by atoms with Crippen LogP contribution in [0, 0.1) is 12.8 Å². The molecule has 37 heavy (non-hydrogen) atoms. The fraction of sp³-hybridized carbons (Fsp3) is 0.400. The number of benzene rings is 1. The zero-order valence-corrected chi connectivity index (χ0v) is 21.3. The molecule has 1 aromatic heterocycles. The second-order valence-corrected chi connectivity index (χ2v) is 10.1. The van der Waals surface area contributed by atoms with Gasteiger partial charge in [0.25, 0.3) is 11.5 Å². The molecule has 3 rings (SSSR count). The van der Waals surface area contributed by atoms with Crippen molar-refractivity contribution < 1.29 is 27.6 Å². The maximum Gasteiger partial charge on any atom is 0.442 e. The number of amides is 2. The minimum atomic E-state index is -4.38. The number of primary amides is 1. The summed E-state index contributed by atoms with van der Waals surface area (Å²) in [4.78, 5) is 54.3. The average molecular weight is 537 g/mol. The van der Waals surface area contributed by atoms with E-state index < -0.39 is 40.1 Å². The normalized spacial score (nSPS) is 18.4. The van der Waals surface area contributed by atoms with Crippen LogP contribution in [0.5, 0.6) is 0 Å². The van der Waals surface area contributed by atoms with Crippen molar-refractivity contribution in [3.8, 4) is 0 Å². The number of halogens is 3. The third-order valence-electron chi connectivity index (χ3n) is 6.03. The number of hydrogen-bond acceptors (Lipinski definition) is 6. The van der Waals surface area contributed by atoms with E-state index in [1.807, 2.05) is 0 Å². The maximum absolute atomic E-state index is 13.5. The van der Waals surface area contributed by atoms with Crippen molar-refractivity contribution in [2.75, 3.05) is 0 Å². The van der Waals surface area contributed by atoms with E-state index in [-0.39, 0.29) is 47.9 Å². The number of aryl methyl sites for hydroxylation is 1. The Hall–Kier alpha value is -3.41. The highest BCUT2D eigenvalue weighted by molar-refractivity contribution is 8.00. The lowest BCUT2D eigenvalue weighted by molar-refractivity contribution is -0.121. The zero-order valence-electron chi connectivity index (χ0n) is 20.5. The number of hydrogen-bond donors (Lipinski definition) is 2. The van der Waals surface area contributed by atoms with E-state index in [4.69, 9.17) is 5.73 Å². The lowest BCUT2D eigenvalue weighted by atomic mass is 9.97. The SMILES string of the molecule is CC(=O)C(CCC(N)=O)n1c(C)nc2cccc(CNC(=O)C3=CC(C)C(SC(F)(F)F)C=C3)c2c1=O. The minimum Gasteiger partial charge on any atom is -0.370 e. The first-order valence-electron chi connectivity index (χ1n) is 11.5. The Morgan fingerprint density at radius 2 is 1.97 bits per heavy atom. The molecule has 0 saturated carbocycles. The Morgan fingerprint density at radius 1 is 1.27 bits per heavy atom. The topological polar surface area (TPSA) is 124 Å². The molecule has 12 heteroatoms. The van der Waals surface area contributed by atoms with E-state index in [9.17, 15) is 32.3 Å². The van der Waals surface area contributed by atoms with Crippen LogP contribution < -0.4 is 16.6 Å². The molecule has 3 unspecified atom stereocenters. The van der Waals surface area contributed by atoms with E-state index in [0.29, 0.717) is 16.9 Å². The van der Waals surface area contributed by atoms with Gasteiger partial charge in [-0.2, -0.15) is 13.2 Å². The van der Waals surface area contributed by atoms with Gasteiger partial charge in [-0.15, -0.1) is 0 Å². The number of nitrogens with one attached hydrogen (secondary N) is 1. The van der Waals surface area contributed by atoms with Crippen LogP contribution in [0.1, 0.15) is 44.1 Å². The monoisotopic (exact) mass is 536 g/mol. The highest BCUT2D eigenvalue weighted by Gasteiger charge is 2.35. The first kappa shape index (κ1) is 28.2. The number of nitrogens with two attached hydrogens (primary N) is 1. The number of allylic oxidation sites excluding steroid dienone is 1. The Morgan fingerprint density at radius 3 is 2.57 bits per heavy atom. The van der Waals surface area contributed by atoms with Crippen LogP contribution in [0.4, 0.5) is 13.2 Å². The predicted molar refractivity (Wildman–Crippen MR) is 135 cm³/mol. The molecule has 198 valence electrons. The second kappa shape index (κ2) is 11.3. The summed E-state index contributed by atoms with van der Waals surface area (Å²) >= 11 is -0.132. The van der Waals surface area contributed by atoms with E-state index in [0.717, 1.165) is 0 Å². The lowest BCUT2D eigenvalue weighted by Crippen LogP contribution is -2.33. The minimum absolute atomic E-state index is 0.0454. The summed E-state index contributed by atoms with van der Waals surface area (Å²) in [5, 5.41) is 2.09. The van der Waals surface area contributed by atoms with Crippen LogP contribution in [0.15, 0.2) is 46.8 Å². The predicted octanol–water partition coefficient (Wildman–Crippen LogP) is 3.47. The molecule has 1 aliphatic rings. The first-order chi connectivity index (χ1) is 17.3. The summed E-state index contributed by atoms with van der Waals surface area (Å²) in [6, 6.07) is 4.02. The van der Waals surface area contributed by atoms with Gasteiger partial charge in [-0.1, -0.05) is 37.3 Å². The lowest BCUT2D eigenvalue weighted by Gasteiger charge is -2.23. The highest BCUT2D eigenvalue weighted by Crippen LogP contribution is 2.39. The van der Waals surface area contributed by atoms with Crippen LogP contribution in [0.3, 0.4) is 0 Å². The van der Waals surface area contributed by atoms with Crippen molar-refractivity contribution in [1.29, 1.82) is 0 Å². The van der Waals surface area contributed by atoms with Gasteiger partial charge in [0.15, 0.2) is 5.78 Å². The summed E-state index contributed by atoms with van der Waals surface area (Å²) in [5.74, 6) is -1.65. The Bertz CT molecular complexity index is 1350. The quantitative estimate of drug-likeness (QED) is 0.506. The summed E-state index contributed by atoms with van der Waals surface area (Å²) in [7, 11) is 0. The van der Waals surface area contributed by atoms with Crippen molar-refractivity contribution >= 4 is 40.3 Å². The van der Waals surface area contributed by atoms with Crippen LogP contribution >= 0.6 is 11.8 Å². The molecule has 0 bridgehead atoms. The zero-order chi connectivity index (χ0) is 27.5. The molecule has 3 N–H and O–H groups in total. The van der Waals surface area contributed by atoms with Gasteiger partial charge in [-0.25, -0.2) is 4.98 Å². The fourth-order valence-electron chi connectivity index (χ4n) is 4.27. The average Bonchev–Trinajstić information content (AvgIpc) is 2.79. The van der Waals surface area contributed by atoms with Crippen molar-refractivity contribution in [3.63, 3.8) is 0 Å². The number of thioether (sulfide) groups is 1. The van der Waals surface area contributed by atoms with E-state index >= 15 is 0 Å². The number of Topliss-reactive ketones (excluding diaryl/α,β-unsaturated/α-hetero) is 1. The largest absolute Gasteiger partial charge is 0.442 e. The molecule has 3 atom stereocenters. The standard InChI is InChI=1S/C25H27F3N4O4S/c1-13-11-16(7-9-20(13)37-25(26,27)28)23(35)30-12-17-5-4-6-18-22(17)24(36)32(15(3)31-18)19(14(2)33)8-10-21(29)34/h4-7,9,11,13,19-20H,8,10,12H2,1-3H3,(H2,29,34)(H,30,35). The number of ketones is 1. The van der Waals surface area contributed by atoms with Gasteiger partial charge in [0.05, 0.1) is 16.9 Å². The number of nitrogens with zero attached hydrogens (tertiary/aromatic N) is 2. The van der Waals surface area contributed by atoms with E-state index in [1.165, 1.54) is 29.7 Å². The van der Waals surface area contributed by atoms with Gasteiger partial charge in [0.2, 0.25) is 5.91 Å². The smallest absolute Gasteiger partial charge is 0.370 e. The molecule has 0 spiro atoms. The molecule has 0 saturated heterocycles. The summed E-state index contributed by atoms with van der Waals surface area (Å²) < 4.78 is 39.4. The van der Waals surface area contributed by atoms with Gasteiger partial charge in [0.1, 0.15) is 5.82 Å². The Balaban J connectivity index is 1.87. The Kier molecular flexibility index (Phi) is 8.62. The van der Waals surface area contributed by atoms with Gasteiger partial charge in [-0.3, -0.25) is 23.7 Å². The summed E-state index contributed by atoms with van der Waals surface area (Å²) in [6.45, 7) is 4.45. The van der Waals surface area contributed by atoms with Crippen molar-refractivity contribution in [1.82, 2.24) is 14.9 Å². The molecule has 1 aliphatic carbocycles. The number of rotatable bonds is 9. The van der Waals surface area contributed by atoms with Crippen molar-refractivity contribution in [2.45, 2.75) is 57.0 Å². The maximum atomic E-state index is 13.5. The van der Waals surface area contributed by atoms with E-state index in [1.54, 1.807) is 32.0 Å². The van der Waals surface area contributed by atoms with Gasteiger partial charge < -0.3 is 11.1 Å². The highest BCUT2D eigenvalue weighted by atomic mass is 32.2. The fourth-order valence-corrected chi connectivity index (χ4v) is 5.03. The third kappa shape index (κ3) is 6.88. The molecule has 1 aromatic carbocycles. The van der Waals surface area contributed by atoms with Crippen LogP contribution in [-0.2, 0) is 20.9 Å². The van der Waals surface area contributed by atoms with Gasteiger partial charge in [-0.05, 0) is 49.6 Å². The number of fused-ring (bicyclic) bond motifs is 1. The van der Waals surface area contributed by atoms with Crippen LogP contribution in [-0.4, -0.2) is 37.9 Å². The molecule has 0 radical (unpaired) electrons. The van der Waals surface area contributed by atoms with Gasteiger partial charge >= 0.3 is 5.51 Å². The number of aromatic nitrogens is 2. The van der Waals surface area contributed by atoms with Crippen molar-refractivity contribution in [2.24, 2.45) is 11.7 Å². The van der Waals surface area contributed by atoms with Crippen LogP contribution in [0.25, 0.3) is 10.9 Å². The molecule has 0 fully saturated rings. The molecule has 1 heterocycles. The van der Waals surface area contributed by atoms with E-state index in [2.05, 4.69) is 10.3 Å². The molecular formula is C25H27F3N4O4S. The number of alkyl halides is 3. The molecule has 2 aromatic rings. The van der Waals surface area contributed by atoms with Gasteiger partial charge in [0, 0.05) is 23.8 Å². The number of carbonyl (C=O) groups is 3.